The van der Waals surface area contributed by atoms with E-state index in [0.29, 0.717) is 6.42 Å². The Hall–Kier alpha value is -3.03. The zero-order valence-electron chi connectivity index (χ0n) is 13.0. The summed E-state index contributed by atoms with van der Waals surface area (Å²) in [5, 5.41) is 14.2. The normalized spacial score (nSPS) is 16.6. The van der Waals surface area contributed by atoms with Crippen LogP contribution in [0.4, 0.5) is 0 Å². The van der Waals surface area contributed by atoms with Gasteiger partial charge in [-0.05, 0) is 34.5 Å². The van der Waals surface area contributed by atoms with E-state index in [2.05, 4.69) is 30.4 Å². The molecule has 1 atom stereocenters. The molecule has 1 aliphatic heterocycles. The molecule has 122 valence electrons. The number of aryl methyl sites for hydroxylation is 1. The van der Waals surface area contributed by atoms with Crippen LogP contribution in [-0.4, -0.2) is 41.7 Å². The molecule has 3 heterocycles. The van der Waals surface area contributed by atoms with Crippen molar-refractivity contribution in [1.82, 2.24) is 35.1 Å². The summed E-state index contributed by atoms with van der Waals surface area (Å²) in [5.74, 6) is 1.14. The van der Waals surface area contributed by atoms with Crippen LogP contribution in [0.15, 0.2) is 43.0 Å². The lowest BCUT2D eigenvalue weighted by Gasteiger charge is -2.24. The van der Waals surface area contributed by atoms with Gasteiger partial charge in [0.05, 0.1) is 12.1 Å². The van der Waals surface area contributed by atoms with E-state index >= 15 is 0 Å². The molecular weight excluding hydrogens is 306 g/mol. The van der Waals surface area contributed by atoms with Gasteiger partial charge in [0.15, 0.2) is 0 Å². The van der Waals surface area contributed by atoms with Gasteiger partial charge >= 0.3 is 0 Å². The third-order valence-corrected chi connectivity index (χ3v) is 4.21. The fraction of sp³-hybridized carbons (Fsp3) is 0.312. The summed E-state index contributed by atoms with van der Waals surface area (Å²) in [6.07, 6.45) is 7.51. The van der Waals surface area contributed by atoms with Gasteiger partial charge < -0.3 is 9.88 Å². The van der Waals surface area contributed by atoms with Gasteiger partial charge in [-0.3, -0.25) is 4.79 Å². The number of hydrogen-bond donors (Lipinski definition) is 1. The van der Waals surface area contributed by atoms with Crippen LogP contribution in [0.3, 0.4) is 0 Å². The van der Waals surface area contributed by atoms with Crippen molar-refractivity contribution in [2.75, 3.05) is 0 Å². The quantitative estimate of drug-likeness (QED) is 0.756. The van der Waals surface area contributed by atoms with Crippen LogP contribution in [0.2, 0.25) is 0 Å². The molecule has 8 heteroatoms. The molecule has 8 nitrogen and oxygen atoms in total. The van der Waals surface area contributed by atoms with Gasteiger partial charge in [0.25, 0.3) is 0 Å². The summed E-state index contributed by atoms with van der Waals surface area (Å²) in [7, 11) is 0. The summed E-state index contributed by atoms with van der Waals surface area (Å²) in [4.78, 5) is 16.6. The second-order valence-corrected chi connectivity index (χ2v) is 5.90. The number of hydrogen-bond acceptors (Lipinski definition) is 5. The molecule has 0 radical (unpaired) electrons. The zero-order chi connectivity index (χ0) is 16.4. The van der Waals surface area contributed by atoms with E-state index in [9.17, 15) is 4.79 Å². The van der Waals surface area contributed by atoms with Crippen molar-refractivity contribution in [2.45, 2.75) is 31.8 Å². The highest BCUT2D eigenvalue weighted by atomic mass is 16.1. The van der Waals surface area contributed by atoms with Crippen LogP contribution in [-0.2, 0) is 24.2 Å². The van der Waals surface area contributed by atoms with Crippen molar-refractivity contribution in [2.24, 2.45) is 0 Å². The number of aromatic nitrogens is 6. The van der Waals surface area contributed by atoms with E-state index in [1.54, 1.807) is 4.68 Å². The molecule has 0 bridgehead atoms. The highest BCUT2D eigenvalue weighted by molar-refractivity contribution is 5.78. The molecule has 1 amide bonds. The van der Waals surface area contributed by atoms with Crippen molar-refractivity contribution in [1.29, 1.82) is 0 Å². The number of amides is 1. The van der Waals surface area contributed by atoms with E-state index < -0.39 is 0 Å². The Labute approximate surface area is 138 Å². The summed E-state index contributed by atoms with van der Waals surface area (Å²) in [6.45, 7) is 0.791. The molecule has 4 rings (SSSR count). The maximum atomic E-state index is 12.3. The van der Waals surface area contributed by atoms with Crippen LogP contribution in [0, 0.1) is 0 Å². The molecular formula is C16H17N7O. The Bertz CT molecular complexity index is 823. The average molecular weight is 323 g/mol. The molecule has 24 heavy (non-hydrogen) atoms. The van der Waals surface area contributed by atoms with Crippen LogP contribution < -0.4 is 5.32 Å². The Morgan fingerprint density at radius 2 is 2.17 bits per heavy atom. The van der Waals surface area contributed by atoms with Gasteiger partial charge in [-0.1, -0.05) is 12.1 Å². The van der Waals surface area contributed by atoms with E-state index in [4.69, 9.17) is 0 Å². The van der Waals surface area contributed by atoms with Crippen LogP contribution >= 0.6 is 0 Å². The molecule has 0 unspecified atom stereocenters. The maximum absolute atomic E-state index is 12.3. The number of fused-ring (bicyclic) bond motifs is 1. The molecule has 1 aliphatic rings. The number of nitrogens with zero attached hydrogens (tertiary/aromatic N) is 6. The predicted molar refractivity (Wildman–Crippen MR) is 85.3 cm³/mol. The first kappa shape index (κ1) is 14.6. The molecule has 2 aromatic heterocycles. The zero-order valence-corrected chi connectivity index (χ0v) is 13.0. The summed E-state index contributed by atoms with van der Waals surface area (Å²) in [5.41, 5.74) is 1.83. The standard InChI is InChI=1S/C16H17N7O/c24-16(19-13-3-6-15-17-7-8-22(15)10-13)9-12-1-4-14(5-2-12)23-11-18-20-21-23/h1-2,4-5,7-8,11,13H,3,6,9-10H2,(H,19,24)/t13-/m1/s1. The Morgan fingerprint density at radius 3 is 2.96 bits per heavy atom. The van der Waals surface area contributed by atoms with Crippen molar-refractivity contribution < 1.29 is 4.79 Å². The SMILES string of the molecule is O=C(Cc1ccc(-n2cnnn2)cc1)N[C@@H]1CCc2nccn2C1. The molecule has 0 aliphatic carbocycles. The third kappa shape index (κ3) is 3.03. The predicted octanol–water partition coefficient (Wildman–Crippen LogP) is 0.532. The van der Waals surface area contributed by atoms with Crippen molar-refractivity contribution >= 4 is 5.91 Å². The number of imidazole rings is 1. The van der Waals surface area contributed by atoms with Crippen molar-refractivity contribution in [3.63, 3.8) is 0 Å². The Balaban J connectivity index is 1.35. The minimum absolute atomic E-state index is 0.0405. The minimum Gasteiger partial charge on any atom is -0.351 e. The minimum atomic E-state index is 0.0405. The maximum Gasteiger partial charge on any atom is 0.224 e. The lowest BCUT2D eigenvalue weighted by molar-refractivity contribution is -0.121. The van der Waals surface area contributed by atoms with E-state index in [1.807, 2.05) is 36.7 Å². The number of benzene rings is 1. The van der Waals surface area contributed by atoms with Gasteiger partial charge in [-0.15, -0.1) is 5.10 Å². The number of nitrogens with one attached hydrogen (secondary N) is 1. The van der Waals surface area contributed by atoms with Crippen molar-refractivity contribution in [3.05, 3.63) is 54.4 Å². The van der Waals surface area contributed by atoms with E-state index in [1.165, 1.54) is 6.33 Å². The second kappa shape index (κ2) is 6.23. The summed E-state index contributed by atoms with van der Waals surface area (Å²) in [6, 6.07) is 7.81. The first-order valence-electron chi connectivity index (χ1n) is 7.89. The second-order valence-electron chi connectivity index (χ2n) is 5.90. The molecule has 0 spiro atoms. The smallest absolute Gasteiger partial charge is 0.224 e. The Kier molecular flexibility index (Phi) is 3.78. The molecule has 3 aromatic rings. The number of rotatable bonds is 4. The lowest BCUT2D eigenvalue weighted by atomic mass is 10.1. The first-order valence-corrected chi connectivity index (χ1v) is 7.89. The molecule has 0 saturated heterocycles. The molecule has 0 fully saturated rings. The topological polar surface area (TPSA) is 90.5 Å². The highest BCUT2D eigenvalue weighted by Crippen LogP contribution is 2.13. The first-order chi connectivity index (χ1) is 11.8. The molecule has 1 aromatic carbocycles. The lowest BCUT2D eigenvalue weighted by Crippen LogP contribution is -2.41. The van der Waals surface area contributed by atoms with Crippen molar-refractivity contribution in [3.8, 4) is 5.69 Å². The summed E-state index contributed by atoms with van der Waals surface area (Å²) >= 11 is 0. The van der Waals surface area contributed by atoms with Crippen LogP contribution in [0.25, 0.3) is 5.69 Å². The monoisotopic (exact) mass is 323 g/mol. The van der Waals surface area contributed by atoms with Gasteiger partial charge in [0.2, 0.25) is 5.91 Å². The van der Waals surface area contributed by atoms with E-state index in [-0.39, 0.29) is 11.9 Å². The average Bonchev–Trinajstić information content (AvgIpc) is 3.26. The number of carbonyl (C=O) groups is 1. The molecule has 0 saturated carbocycles. The molecule has 1 N–H and O–H groups in total. The van der Waals surface area contributed by atoms with Crippen LogP contribution in [0.1, 0.15) is 17.8 Å². The highest BCUT2D eigenvalue weighted by Gasteiger charge is 2.20. The van der Waals surface area contributed by atoms with Gasteiger partial charge in [-0.2, -0.15) is 0 Å². The largest absolute Gasteiger partial charge is 0.351 e. The number of carbonyl (C=O) groups excluding carboxylic acids is 1. The fourth-order valence-corrected chi connectivity index (χ4v) is 2.99. The van der Waals surface area contributed by atoms with E-state index in [0.717, 1.165) is 36.5 Å². The third-order valence-electron chi connectivity index (χ3n) is 4.21. The van der Waals surface area contributed by atoms with Gasteiger partial charge in [0, 0.05) is 31.4 Å². The Morgan fingerprint density at radius 1 is 1.29 bits per heavy atom. The van der Waals surface area contributed by atoms with Gasteiger partial charge in [0.1, 0.15) is 12.2 Å². The summed E-state index contributed by atoms with van der Waals surface area (Å²) < 4.78 is 3.68. The number of tetrazole rings is 1. The fourth-order valence-electron chi connectivity index (χ4n) is 2.99. The van der Waals surface area contributed by atoms with Gasteiger partial charge in [-0.25, -0.2) is 9.67 Å². The van der Waals surface area contributed by atoms with Crippen LogP contribution in [0.5, 0.6) is 0 Å².